The van der Waals surface area contributed by atoms with Crippen LogP contribution in [0.2, 0.25) is 0 Å². The van der Waals surface area contributed by atoms with E-state index in [1.54, 1.807) is 6.07 Å². The zero-order valence-corrected chi connectivity index (χ0v) is 9.74. The van der Waals surface area contributed by atoms with Crippen molar-refractivity contribution in [1.82, 2.24) is 14.9 Å². The molecule has 0 unspecified atom stereocenters. The molecule has 18 heavy (non-hydrogen) atoms. The smallest absolute Gasteiger partial charge is 0.347 e. The quantitative estimate of drug-likeness (QED) is 0.853. The van der Waals surface area contributed by atoms with E-state index < -0.39 is 5.69 Å². The maximum atomic E-state index is 11.6. The molecule has 92 valence electrons. The summed E-state index contributed by atoms with van der Waals surface area (Å²) in [5.74, 6) is -0.214. The average Bonchev–Trinajstić information content (AvgIpc) is 2.40. The number of nitrogens with one attached hydrogen (secondary N) is 1. The zero-order chi connectivity index (χ0) is 12.8. The van der Waals surface area contributed by atoms with Gasteiger partial charge in [0.05, 0.1) is 0 Å². The summed E-state index contributed by atoms with van der Waals surface area (Å²) in [6.07, 6.45) is 2.94. The lowest BCUT2D eigenvalue weighted by Crippen LogP contribution is -2.32. The van der Waals surface area contributed by atoms with Crippen molar-refractivity contribution in [2.24, 2.45) is 0 Å². The van der Waals surface area contributed by atoms with Crippen molar-refractivity contribution in [2.45, 2.75) is 13.1 Å². The van der Waals surface area contributed by atoms with Gasteiger partial charge in [-0.25, -0.2) is 9.78 Å². The first-order chi connectivity index (χ1) is 8.75. The molecule has 2 aromatic rings. The molecule has 1 heterocycles. The zero-order valence-electron chi connectivity index (χ0n) is 9.74. The van der Waals surface area contributed by atoms with Gasteiger partial charge < -0.3 is 5.32 Å². The van der Waals surface area contributed by atoms with Crippen LogP contribution in [0.4, 0.5) is 0 Å². The van der Waals surface area contributed by atoms with Gasteiger partial charge in [0.25, 0.3) is 0 Å². The summed E-state index contributed by atoms with van der Waals surface area (Å²) in [6, 6.07) is 11.2. The lowest BCUT2D eigenvalue weighted by Gasteiger charge is -2.06. The average molecular weight is 243 g/mol. The van der Waals surface area contributed by atoms with Gasteiger partial charge in [0, 0.05) is 18.9 Å². The van der Waals surface area contributed by atoms with Crippen molar-refractivity contribution in [2.75, 3.05) is 0 Å². The molecule has 2 rings (SSSR count). The third-order valence-electron chi connectivity index (χ3n) is 2.43. The number of carbonyl (C=O) groups excluding carboxylic acids is 1. The number of nitrogens with zero attached hydrogens (tertiary/aromatic N) is 2. The first kappa shape index (κ1) is 12.0. The van der Waals surface area contributed by atoms with Gasteiger partial charge in [-0.05, 0) is 11.6 Å². The molecule has 0 saturated heterocycles. The number of carbonyl (C=O) groups is 1. The summed E-state index contributed by atoms with van der Waals surface area (Å²) < 4.78 is 1.26. The van der Waals surface area contributed by atoms with Gasteiger partial charge in [-0.1, -0.05) is 30.3 Å². The van der Waals surface area contributed by atoms with E-state index in [0.717, 1.165) is 5.56 Å². The minimum Gasteiger partial charge on any atom is -0.350 e. The van der Waals surface area contributed by atoms with E-state index in [1.165, 1.54) is 17.0 Å². The standard InChI is InChI=1S/C13H13N3O2/c17-12(10-16-8-4-7-14-13(16)18)15-9-11-5-2-1-3-6-11/h1-8H,9-10H2,(H,15,17). The summed E-state index contributed by atoms with van der Waals surface area (Å²) >= 11 is 0. The van der Waals surface area contributed by atoms with Gasteiger partial charge in [0.2, 0.25) is 5.91 Å². The van der Waals surface area contributed by atoms with Crippen LogP contribution in [0.25, 0.3) is 0 Å². The summed E-state index contributed by atoms with van der Waals surface area (Å²) in [5.41, 5.74) is 0.594. The van der Waals surface area contributed by atoms with Gasteiger partial charge in [-0.2, -0.15) is 0 Å². The van der Waals surface area contributed by atoms with Crippen molar-refractivity contribution < 1.29 is 4.79 Å². The fourth-order valence-electron chi connectivity index (χ4n) is 1.51. The maximum absolute atomic E-state index is 11.6. The molecule has 0 bridgehead atoms. The van der Waals surface area contributed by atoms with Crippen LogP contribution in [-0.2, 0) is 17.9 Å². The fourth-order valence-corrected chi connectivity index (χ4v) is 1.51. The number of hydrogen-bond acceptors (Lipinski definition) is 3. The van der Waals surface area contributed by atoms with Crippen LogP contribution in [0.3, 0.4) is 0 Å². The highest BCUT2D eigenvalue weighted by Gasteiger charge is 2.03. The number of benzene rings is 1. The predicted molar refractivity (Wildman–Crippen MR) is 66.8 cm³/mol. The third-order valence-corrected chi connectivity index (χ3v) is 2.43. The highest BCUT2D eigenvalue weighted by Crippen LogP contribution is 1.96. The van der Waals surface area contributed by atoms with E-state index in [2.05, 4.69) is 10.3 Å². The summed E-state index contributed by atoms with van der Waals surface area (Å²) in [7, 11) is 0. The Morgan fingerprint density at radius 3 is 2.72 bits per heavy atom. The summed E-state index contributed by atoms with van der Waals surface area (Å²) in [5, 5.41) is 2.75. The van der Waals surface area contributed by atoms with E-state index >= 15 is 0 Å². The Kier molecular flexibility index (Phi) is 3.86. The van der Waals surface area contributed by atoms with Gasteiger partial charge >= 0.3 is 5.69 Å². The number of hydrogen-bond donors (Lipinski definition) is 1. The van der Waals surface area contributed by atoms with Crippen molar-refractivity contribution in [3.63, 3.8) is 0 Å². The van der Waals surface area contributed by atoms with Crippen LogP contribution in [0, 0.1) is 0 Å². The van der Waals surface area contributed by atoms with E-state index in [4.69, 9.17) is 0 Å². The normalized spacial score (nSPS) is 10.0. The monoisotopic (exact) mass is 243 g/mol. The van der Waals surface area contributed by atoms with Crippen molar-refractivity contribution in [1.29, 1.82) is 0 Å². The van der Waals surface area contributed by atoms with Crippen LogP contribution in [0.5, 0.6) is 0 Å². The topological polar surface area (TPSA) is 64.0 Å². The Bertz CT molecular complexity index is 578. The number of rotatable bonds is 4. The van der Waals surface area contributed by atoms with Gasteiger partial charge in [-0.15, -0.1) is 0 Å². The van der Waals surface area contributed by atoms with Crippen LogP contribution >= 0.6 is 0 Å². The molecule has 1 amide bonds. The molecule has 0 saturated carbocycles. The fraction of sp³-hybridized carbons (Fsp3) is 0.154. The molecular weight excluding hydrogens is 230 g/mol. The Morgan fingerprint density at radius 2 is 2.00 bits per heavy atom. The predicted octanol–water partition coefficient (Wildman–Crippen LogP) is 0.560. The molecule has 0 spiro atoms. The maximum Gasteiger partial charge on any atom is 0.347 e. The summed E-state index contributed by atoms with van der Waals surface area (Å²) in [4.78, 5) is 26.5. The molecule has 5 heteroatoms. The van der Waals surface area contributed by atoms with E-state index in [9.17, 15) is 9.59 Å². The molecule has 0 aliphatic rings. The molecular formula is C13H13N3O2. The molecule has 0 fully saturated rings. The Hall–Kier alpha value is -2.43. The second-order valence-corrected chi connectivity index (χ2v) is 3.79. The van der Waals surface area contributed by atoms with Crippen LogP contribution < -0.4 is 11.0 Å². The van der Waals surface area contributed by atoms with Crippen LogP contribution in [-0.4, -0.2) is 15.5 Å². The number of aromatic nitrogens is 2. The van der Waals surface area contributed by atoms with Gasteiger partial charge in [0.15, 0.2) is 0 Å². The first-order valence-electron chi connectivity index (χ1n) is 5.58. The SMILES string of the molecule is O=C(Cn1cccnc1=O)NCc1ccccc1. The van der Waals surface area contributed by atoms with E-state index in [1.807, 2.05) is 30.3 Å². The lowest BCUT2D eigenvalue weighted by atomic mass is 10.2. The molecule has 1 N–H and O–H groups in total. The van der Waals surface area contributed by atoms with E-state index in [-0.39, 0.29) is 12.5 Å². The van der Waals surface area contributed by atoms with Gasteiger partial charge in [0.1, 0.15) is 6.54 Å². The van der Waals surface area contributed by atoms with Crippen LogP contribution in [0.1, 0.15) is 5.56 Å². The highest BCUT2D eigenvalue weighted by molar-refractivity contribution is 5.75. The second-order valence-electron chi connectivity index (χ2n) is 3.79. The minimum absolute atomic E-state index is 0.0144. The van der Waals surface area contributed by atoms with Crippen molar-refractivity contribution >= 4 is 5.91 Å². The minimum atomic E-state index is -0.424. The molecule has 0 aliphatic carbocycles. The molecule has 5 nitrogen and oxygen atoms in total. The molecule has 0 atom stereocenters. The second kappa shape index (κ2) is 5.77. The Balaban J connectivity index is 1.90. The molecule has 1 aromatic carbocycles. The van der Waals surface area contributed by atoms with E-state index in [0.29, 0.717) is 6.54 Å². The largest absolute Gasteiger partial charge is 0.350 e. The molecule has 0 aliphatic heterocycles. The Morgan fingerprint density at radius 1 is 1.22 bits per heavy atom. The van der Waals surface area contributed by atoms with Crippen molar-refractivity contribution in [3.05, 3.63) is 64.8 Å². The molecule has 1 aromatic heterocycles. The van der Waals surface area contributed by atoms with Crippen molar-refractivity contribution in [3.8, 4) is 0 Å². The third kappa shape index (κ3) is 3.28. The Labute approximate surface area is 104 Å². The molecule has 0 radical (unpaired) electrons. The van der Waals surface area contributed by atoms with Crippen LogP contribution in [0.15, 0.2) is 53.6 Å². The summed E-state index contributed by atoms with van der Waals surface area (Å²) in [6.45, 7) is 0.439. The number of amides is 1. The first-order valence-corrected chi connectivity index (χ1v) is 5.58. The highest BCUT2D eigenvalue weighted by atomic mass is 16.2. The van der Waals surface area contributed by atoms with Gasteiger partial charge in [-0.3, -0.25) is 9.36 Å². The lowest BCUT2D eigenvalue weighted by molar-refractivity contribution is -0.121.